The molecular formula is C22H46O7. The molecule has 0 aliphatic carbocycles. The third-order valence-electron chi connectivity index (χ3n) is 4.89. The van der Waals surface area contributed by atoms with Gasteiger partial charge >= 0.3 is 0 Å². The Balaban J connectivity index is 5.18. The van der Waals surface area contributed by atoms with Gasteiger partial charge in [0.2, 0.25) is 0 Å². The van der Waals surface area contributed by atoms with Crippen molar-refractivity contribution < 1.29 is 33.5 Å². The Kier molecular flexibility index (Phi) is 20.8. The van der Waals surface area contributed by atoms with Crippen LogP contribution in [0.5, 0.6) is 0 Å². The van der Waals surface area contributed by atoms with Crippen LogP contribution < -0.4 is 0 Å². The highest BCUT2D eigenvalue weighted by Gasteiger charge is 2.42. The van der Waals surface area contributed by atoms with Gasteiger partial charge in [0.05, 0.1) is 39.6 Å². The first-order valence-corrected chi connectivity index (χ1v) is 11.2. The molecule has 0 heterocycles. The molecule has 0 spiro atoms. The molecule has 0 aromatic heterocycles. The smallest absolute Gasteiger partial charge is 0.286 e. The van der Waals surface area contributed by atoms with Crippen LogP contribution >= 0.6 is 0 Å². The van der Waals surface area contributed by atoms with Crippen LogP contribution in [0.2, 0.25) is 0 Å². The number of aliphatic hydroxyl groups excluding tert-OH is 1. The van der Waals surface area contributed by atoms with Crippen LogP contribution in [0.25, 0.3) is 0 Å². The van der Waals surface area contributed by atoms with E-state index in [0.29, 0.717) is 46.1 Å². The largest absolute Gasteiger partial charge is 0.396 e. The summed E-state index contributed by atoms with van der Waals surface area (Å²) in [7, 11) is 4.92. The zero-order chi connectivity index (χ0) is 21.6. The summed E-state index contributed by atoms with van der Waals surface area (Å²) < 4.78 is 33.9. The molecule has 0 bridgehead atoms. The molecule has 0 amide bonds. The third kappa shape index (κ3) is 14.4. The second-order valence-corrected chi connectivity index (χ2v) is 7.25. The Hall–Kier alpha value is -0.280. The van der Waals surface area contributed by atoms with Crippen molar-refractivity contribution in [2.75, 3.05) is 67.6 Å². The molecule has 0 aliphatic rings. The lowest BCUT2D eigenvalue weighted by molar-refractivity contribution is -0.410. The fourth-order valence-electron chi connectivity index (χ4n) is 3.29. The van der Waals surface area contributed by atoms with E-state index in [-0.39, 0.29) is 12.5 Å². The van der Waals surface area contributed by atoms with Crippen molar-refractivity contribution in [1.82, 2.24) is 0 Å². The molecule has 0 rings (SSSR count). The van der Waals surface area contributed by atoms with Crippen molar-refractivity contribution in [2.45, 2.75) is 70.7 Å². The quantitative estimate of drug-likeness (QED) is 0.198. The van der Waals surface area contributed by atoms with E-state index < -0.39 is 5.97 Å². The molecule has 0 fully saturated rings. The van der Waals surface area contributed by atoms with Crippen LogP contribution in [-0.4, -0.2) is 78.7 Å². The predicted molar refractivity (Wildman–Crippen MR) is 114 cm³/mol. The lowest BCUT2D eigenvalue weighted by atomic mass is 9.93. The van der Waals surface area contributed by atoms with E-state index in [1.165, 1.54) is 32.1 Å². The number of unbranched alkanes of at least 4 members (excludes halogenated alkanes) is 5. The second-order valence-electron chi connectivity index (χ2n) is 7.25. The minimum atomic E-state index is -1.19. The van der Waals surface area contributed by atoms with Crippen LogP contribution in [0.4, 0.5) is 0 Å². The van der Waals surface area contributed by atoms with Crippen LogP contribution in [0.1, 0.15) is 64.7 Å². The Morgan fingerprint density at radius 1 is 0.621 bits per heavy atom. The summed E-state index contributed by atoms with van der Waals surface area (Å²) in [4.78, 5) is 0. The van der Waals surface area contributed by atoms with Gasteiger partial charge in [0.15, 0.2) is 0 Å². The predicted octanol–water partition coefficient (Wildman–Crippen LogP) is 3.77. The summed E-state index contributed by atoms with van der Waals surface area (Å²) in [5, 5.41) is 9.41. The van der Waals surface area contributed by atoms with Crippen molar-refractivity contribution in [3.05, 3.63) is 0 Å². The highest BCUT2D eigenvalue weighted by molar-refractivity contribution is 4.73. The van der Waals surface area contributed by atoms with Crippen molar-refractivity contribution in [3.63, 3.8) is 0 Å². The van der Waals surface area contributed by atoms with E-state index in [1.54, 1.807) is 21.3 Å². The summed E-state index contributed by atoms with van der Waals surface area (Å²) in [5.74, 6) is -1.18. The zero-order valence-corrected chi connectivity index (χ0v) is 19.3. The molecule has 0 aliphatic heterocycles. The number of rotatable bonds is 23. The maximum atomic E-state index is 9.41. The van der Waals surface area contributed by atoms with Gasteiger partial charge in [-0.2, -0.15) is 0 Å². The Morgan fingerprint density at radius 3 is 1.52 bits per heavy atom. The SMILES string of the molecule is CCCCCCCCC(CCCO)C(OCCOC)(OCCOC)OCCOC. The van der Waals surface area contributed by atoms with E-state index in [2.05, 4.69) is 6.92 Å². The van der Waals surface area contributed by atoms with E-state index in [1.807, 2.05) is 0 Å². The molecule has 0 saturated carbocycles. The maximum Gasteiger partial charge on any atom is 0.286 e. The minimum Gasteiger partial charge on any atom is -0.396 e. The van der Waals surface area contributed by atoms with Crippen LogP contribution in [0, 0.1) is 5.92 Å². The van der Waals surface area contributed by atoms with E-state index in [0.717, 1.165) is 19.3 Å². The minimum absolute atomic E-state index is 0.00592. The van der Waals surface area contributed by atoms with Gasteiger partial charge in [-0.25, -0.2) is 0 Å². The molecule has 0 aromatic carbocycles. The molecule has 1 atom stereocenters. The van der Waals surface area contributed by atoms with Gasteiger partial charge in [-0.05, 0) is 19.3 Å². The molecule has 176 valence electrons. The van der Waals surface area contributed by atoms with Crippen LogP contribution in [-0.2, 0) is 28.4 Å². The van der Waals surface area contributed by atoms with Crippen LogP contribution in [0.3, 0.4) is 0 Å². The molecule has 1 N–H and O–H groups in total. The monoisotopic (exact) mass is 422 g/mol. The van der Waals surface area contributed by atoms with Crippen molar-refractivity contribution >= 4 is 0 Å². The van der Waals surface area contributed by atoms with E-state index in [9.17, 15) is 5.11 Å². The van der Waals surface area contributed by atoms with Crippen molar-refractivity contribution in [1.29, 1.82) is 0 Å². The van der Waals surface area contributed by atoms with Gasteiger partial charge in [-0.15, -0.1) is 0 Å². The van der Waals surface area contributed by atoms with E-state index >= 15 is 0 Å². The average Bonchev–Trinajstić information content (AvgIpc) is 2.73. The van der Waals surface area contributed by atoms with Gasteiger partial charge in [0.1, 0.15) is 0 Å². The average molecular weight is 423 g/mol. The number of hydrogen-bond donors (Lipinski definition) is 1. The Labute approximate surface area is 178 Å². The number of aliphatic hydroxyl groups is 1. The Morgan fingerprint density at radius 2 is 1.07 bits per heavy atom. The van der Waals surface area contributed by atoms with Gasteiger partial charge < -0.3 is 33.5 Å². The molecule has 1 unspecified atom stereocenters. The molecule has 29 heavy (non-hydrogen) atoms. The van der Waals surface area contributed by atoms with Crippen molar-refractivity contribution in [3.8, 4) is 0 Å². The van der Waals surface area contributed by atoms with Gasteiger partial charge in [0.25, 0.3) is 5.97 Å². The summed E-state index contributed by atoms with van der Waals surface area (Å²) in [6, 6.07) is 0. The molecule has 7 nitrogen and oxygen atoms in total. The fraction of sp³-hybridized carbons (Fsp3) is 1.00. The first-order chi connectivity index (χ1) is 14.2. The number of ether oxygens (including phenoxy) is 6. The van der Waals surface area contributed by atoms with Gasteiger partial charge in [0, 0.05) is 33.9 Å². The highest BCUT2D eigenvalue weighted by atomic mass is 16.9. The Bertz CT molecular complexity index is 302. The number of methoxy groups -OCH3 is 3. The lowest BCUT2D eigenvalue weighted by Gasteiger charge is -2.40. The maximum absolute atomic E-state index is 9.41. The second kappa shape index (κ2) is 21.0. The summed E-state index contributed by atoms with van der Waals surface area (Å²) in [5.41, 5.74) is 0. The van der Waals surface area contributed by atoms with Crippen LogP contribution in [0.15, 0.2) is 0 Å². The molecule has 7 heteroatoms. The molecule has 0 radical (unpaired) electrons. The molecular weight excluding hydrogens is 376 g/mol. The van der Waals surface area contributed by atoms with E-state index in [4.69, 9.17) is 28.4 Å². The first kappa shape index (κ1) is 28.7. The normalized spacial score (nSPS) is 13.1. The standard InChI is InChI=1S/C22H46O7/c1-5-6-7-8-9-10-12-21(13-11-14-23)22(27-18-15-24-2,28-19-16-25-3)29-20-17-26-4/h21,23H,5-20H2,1-4H3. The van der Waals surface area contributed by atoms with Crippen molar-refractivity contribution in [2.24, 2.45) is 5.92 Å². The summed E-state index contributed by atoms with van der Waals surface area (Å²) in [6.07, 6.45) is 9.68. The highest BCUT2D eigenvalue weighted by Crippen LogP contribution is 2.34. The van der Waals surface area contributed by atoms with Gasteiger partial charge in [-0.1, -0.05) is 45.4 Å². The topological polar surface area (TPSA) is 75.6 Å². The summed E-state index contributed by atoms with van der Waals surface area (Å²) in [6.45, 7) is 4.81. The zero-order valence-electron chi connectivity index (χ0n) is 19.3. The van der Waals surface area contributed by atoms with Gasteiger partial charge in [-0.3, -0.25) is 0 Å². The molecule has 0 saturated heterocycles. The summed E-state index contributed by atoms with van der Waals surface area (Å²) >= 11 is 0. The fourth-order valence-corrected chi connectivity index (χ4v) is 3.29. The lowest BCUT2D eigenvalue weighted by Crippen LogP contribution is -2.48. The number of hydrogen-bond acceptors (Lipinski definition) is 7. The third-order valence-corrected chi connectivity index (χ3v) is 4.89. The first-order valence-electron chi connectivity index (χ1n) is 11.2. The molecule has 0 aromatic rings.